The zero-order valence-corrected chi connectivity index (χ0v) is 18.1. The lowest BCUT2D eigenvalue weighted by Crippen LogP contribution is -2.48. The van der Waals surface area contributed by atoms with Gasteiger partial charge in [-0.1, -0.05) is 23.5 Å². The number of hydrogen-bond donors (Lipinski definition) is 1. The number of amides is 1. The Kier molecular flexibility index (Phi) is 4.55. The summed E-state index contributed by atoms with van der Waals surface area (Å²) in [5.74, 6) is 2.25. The van der Waals surface area contributed by atoms with Gasteiger partial charge in [-0.05, 0) is 74.0 Å². The number of nitrogens with zero attached hydrogens (tertiary/aromatic N) is 2. The van der Waals surface area contributed by atoms with E-state index in [0.29, 0.717) is 16.3 Å². The van der Waals surface area contributed by atoms with Crippen LogP contribution in [0.4, 0.5) is 5.13 Å². The van der Waals surface area contributed by atoms with Crippen molar-refractivity contribution < 1.29 is 13.2 Å². The predicted molar refractivity (Wildman–Crippen MR) is 113 cm³/mol. The molecule has 0 spiro atoms. The molecule has 29 heavy (non-hydrogen) atoms. The van der Waals surface area contributed by atoms with E-state index < -0.39 is 9.84 Å². The van der Waals surface area contributed by atoms with E-state index >= 15 is 0 Å². The summed E-state index contributed by atoms with van der Waals surface area (Å²) >= 11 is 1.52. The number of hydrogen-bond acceptors (Lipinski definition) is 6. The van der Waals surface area contributed by atoms with Gasteiger partial charge in [0.05, 0.1) is 5.75 Å². The van der Waals surface area contributed by atoms with Crippen molar-refractivity contribution in [3.63, 3.8) is 0 Å². The number of rotatable bonds is 5. The fraction of sp³-hybridized carbons (Fsp3) is 0.571. The van der Waals surface area contributed by atoms with E-state index in [4.69, 9.17) is 0 Å². The lowest BCUT2D eigenvalue weighted by Gasteiger charge is -2.55. The molecule has 4 aliphatic carbocycles. The Labute approximate surface area is 175 Å². The molecule has 154 valence electrons. The SMILES string of the molecule is CS(=O)(=O)Cc1ccc(C(=O)Nc2nnc(C34CC5CC(CC(C5)C3)C4)s2)cc1. The van der Waals surface area contributed by atoms with Gasteiger partial charge in [-0.3, -0.25) is 10.1 Å². The Morgan fingerprint density at radius 1 is 1.07 bits per heavy atom. The molecule has 1 aromatic heterocycles. The highest BCUT2D eigenvalue weighted by atomic mass is 32.2. The molecular formula is C21H25N3O3S2. The number of carbonyl (C=O) groups excluding carboxylic acids is 1. The van der Waals surface area contributed by atoms with Gasteiger partial charge in [0, 0.05) is 17.2 Å². The molecule has 4 fully saturated rings. The zero-order chi connectivity index (χ0) is 20.2. The quantitative estimate of drug-likeness (QED) is 0.778. The number of benzene rings is 1. The lowest BCUT2D eigenvalue weighted by molar-refractivity contribution is -0.00555. The first-order valence-corrected chi connectivity index (χ1v) is 13.1. The average molecular weight is 432 g/mol. The van der Waals surface area contributed by atoms with Crippen LogP contribution in [-0.4, -0.2) is 30.8 Å². The van der Waals surface area contributed by atoms with Crippen LogP contribution in [-0.2, 0) is 21.0 Å². The highest BCUT2D eigenvalue weighted by Crippen LogP contribution is 2.61. The van der Waals surface area contributed by atoms with Crippen LogP contribution in [0.1, 0.15) is 59.5 Å². The molecule has 0 atom stereocenters. The minimum atomic E-state index is -3.09. The van der Waals surface area contributed by atoms with Crippen LogP contribution >= 0.6 is 11.3 Å². The molecule has 4 bridgehead atoms. The Balaban J connectivity index is 1.29. The Morgan fingerprint density at radius 3 is 2.21 bits per heavy atom. The van der Waals surface area contributed by atoms with Gasteiger partial charge in [-0.25, -0.2) is 8.42 Å². The normalized spacial score (nSPS) is 30.4. The summed E-state index contributed by atoms with van der Waals surface area (Å²) in [4.78, 5) is 12.6. The van der Waals surface area contributed by atoms with Gasteiger partial charge >= 0.3 is 0 Å². The van der Waals surface area contributed by atoms with Crippen molar-refractivity contribution in [2.24, 2.45) is 17.8 Å². The molecule has 0 radical (unpaired) electrons. The van der Waals surface area contributed by atoms with Crippen LogP contribution < -0.4 is 5.32 Å². The molecule has 0 aliphatic heterocycles. The minimum Gasteiger partial charge on any atom is -0.296 e. The molecule has 4 saturated carbocycles. The first kappa shape index (κ1) is 19.2. The van der Waals surface area contributed by atoms with E-state index in [9.17, 15) is 13.2 Å². The number of aromatic nitrogens is 2. The van der Waals surface area contributed by atoms with Crippen molar-refractivity contribution in [3.05, 3.63) is 40.4 Å². The molecule has 6 rings (SSSR count). The molecule has 8 heteroatoms. The number of sulfone groups is 1. The molecule has 1 amide bonds. The number of anilines is 1. The Bertz CT molecular complexity index is 1010. The van der Waals surface area contributed by atoms with Crippen LogP contribution in [0.3, 0.4) is 0 Å². The second-order valence-electron chi connectivity index (χ2n) is 9.33. The second-order valence-corrected chi connectivity index (χ2v) is 12.4. The standard InChI is InChI=1S/C21H25N3O3S2/c1-29(26,27)12-13-2-4-17(5-3-13)18(25)22-20-24-23-19(28-20)21-9-14-6-15(10-21)8-16(7-14)11-21/h2-5,14-16H,6-12H2,1H3,(H,22,24,25). The number of nitrogens with one attached hydrogen (secondary N) is 1. The van der Waals surface area contributed by atoms with Gasteiger partial charge in [0.2, 0.25) is 5.13 Å². The smallest absolute Gasteiger partial charge is 0.257 e. The van der Waals surface area contributed by atoms with E-state index in [1.165, 1.54) is 56.1 Å². The number of carbonyl (C=O) groups is 1. The molecule has 1 heterocycles. The first-order chi connectivity index (χ1) is 13.8. The van der Waals surface area contributed by atoms with Gasteiger partial charge in [-0.2, -0.15) is 0 Å². The van der Waals surface area contributed by atoms with Gasteiger partial charge < -0.3 is 0 Å². The van der Waals surface area contributed by atoms with E-state index in [0.717, 1.165) is 22.8 Å². The monoisotopic (exact) mass is 431 g/mol. The van der Waals surface area contributed by atoms with Crippen LogP contribution in [0.2, 0.25) is 0 Å². The average Bonchev–Trinajstić information content (AvgIpc) is 3.09. The maximum atomic E-state index is 12.6. The Morgan fingerprint density at radius 2 is 1.66 bits per heavy atom. The highest BCUT2D eigenvalue weighted by Gasteiger charge is 2.53. The van der Waals surface area contributed by atoms with Crippen molar-refractivity contribution in [2.75, 3.05) is 11.6 Å². The maximum absolute atomic E-state index is 12.6. The van der Waals surface area contributed by atoms with Crippen molar-refractivity contribution in [3.8, 4) is 0 Å². The van der Waals surface area contributed by atoms with Gasteiger partial charge in [0.15, 0.2) is 9.84 Å². The van der Waals surface area contributed by atoms with Crippen LogP contribution in [0.5, 0.6) is 0 Å². The van der Waals surface area contributed by atoms with Crippen molar-refractivity contribution in [1.29, 1.82) is 0 Å². The molecule has 0 saturated heterocycles. The first-order valence-electron chi connectivity index (χ1n) is 10.2. The minimum absolute atomic E-state index is 0.0281. The van der Waals surface area contributed by atoms with Crippen LogP contribution in [0.15, 0.2) is 24.3 Å². The molecule has 2 aromatic rings. The third-order valence-electron chi connectivity index (χ3n) is 6.78. The largest absolute Gasteiger partial charge is 0.296 e. The molecular weight excluding hydrogens is 406 g/mol. The third kappa shape index (κ3) is 3.84. The van der Waals surface area contributed by atoms with Crippen LogP contribution in [0.25, 0.3) is 0 Å². The van der Waals surface area contributed by atoms with Crippen molar-refractivity contribution in [1.82, 2.24) is 10.2 Å². The maximum Gasteiger partial charge on any atom is 0.257 e. The zero-order valence-electron chi connectivity index (χ0n) is 16.4. The predicted octanol–water partition coefficient (Wildman–Crippen LogP) is 3.80. The summed E-state index contributed by atoms with van der Waals surface area (Å²) < 4.78 is 22.8. The molecule has 0 unspecified atom stereocenters. The summed E-state index contributed by atoms with van der Waals surface area (Å²) in [7, 11) is -3.09. The lowest BCUT2D eigenvalue weighted by atomic mass is 9.50. The van der Waals surface area contributed by atoms with E-state index in [2.05, 4.69) is 15.5 Å². The fourth-order valence-corrected chi connectivity index (χ4v) is 7.84. The summed E-state index contributed by atoms with van der Waals surface area (Å²) in [6, 6.07) is 6.65. The summed E-state index contributed by atoms with van der Waals surface area (Å²) in [5.41, 5.74) is 1.33. The van der Waals surface area contributed by atoms with Crippen molar-refractivity contribution in [2.45, 2.75) is 49.7 Å². The fourth-order valence-electron chi connectivity index (χ4n) is 6.09. The second kappa shape index (κ2) is 6.87. The molecule has 1 N–H and O–H groups in total. The van der Waals surface area contributed by atoms with Gasteiger partial charge in [0.1, 0.15) is 5.01 Å². The Hall–Kier alpha value is -1.80. The van der Waals surface area contributed by atoms with E-state index in [1.54, 1.807) is 24.3 Å². The summed E-state index contributed by atoms with van der Waals surface area (Å²) in [6.07, 6.45) is 9.03. The van der Waals surface area contributed by atoms with Gasteiger partial charge in [0.25, 0.3) is 5.91 Å². The molecule has 4 aliphatic rings. The molecule has 6 nitrogen and oxygen atoms in total. The van der Waals surface area contributed by atoms with Crippen LogP contribution in [0, 0.1) is 17.8 Å². The topological polar surface area (TPSA) is 89.0 Å². The highest BCUT2D eigenvalue weighted by molar-refractivity contribution is 7.89. The summed E-state index contributed by atoms with van der Waals surface area (Å²) in [6.45, 7) is 0. The third-order valence-corrected chi connectivity index (χ3v) is 8.73. The summed E-state index contributed by atoms with van der Waals surface area (Å²) in [5, 5.41) is 13.3. The van der Waals surface area contributed by atoms with Crippen molar-refractivity contribution >= 4 is 32.2 Å². The van der Waals surface area contributed by atoms with E-state index in [-0.39, 0.29) is 17.1 Å². The van der Waals surface area contributed by atoms with Gasteiger partial charge in [-0.15, -0.1) is 10.2 Å². The molecule has 1 aromatic carbocycles. The van der Waals surface area contributed by atoms with E-state index in [1.807, 2.05) is 0 Å².